The molecule has 1 aliphatic heterocycles. The number of H-pyrrole nitrogens is 1. The van der Waals surface area contributed by atoms with Gasteiger partial charge in [0.25, 0.3) is 5.91 Å². The monoisotopic (exact) mass is 414 g/mol. The van der Waals surface area contributed by atoms with Crippen molar-refractivity contribution < 1.29 is 9.53 Å². The zero-order chi connectivity index (χ0) is 21.3. The third-order valence-electron chi connectivity index (χ3n) is 5.21. The molecule has 0 radical (unpaired) electrons. The molecule has 3 aromatic rings. The molecule has 4 rings (SSSR count). The fourth-order valence-electron chi connectivity index (χ4n) is 3.53. The number of aromatic nitrogens is 2. The molecule has 2 heterocycles. The summed E-state index contributed by atoms with van der Waals surface area (Å²) in [5.41, 5.74) is 4.62. The molecule has 0 saturated carbocycles. The molecular weight excluding hydrogens is 388 g/mol. The molecule has 1 amide bonds. The first kappa shape index (κ1) is 20.7. The minimum Gasteiger partial charge on any atom is -0.378 e. The number of hydrogen-bond acceptors (Lipinski definition) is 4. The zero-order valence-corrected chi connectivity index (χ0v) is 17.4. The molecule has 1 aliphatic rings. The van der Waals surface area contributed by atoms with Crippen molar-refractivity contribution in [3.63, 3.8) is 0 Å². The first-order chi connectivity index (χ1) is 15.3. The summed E-state index contributed by atoms with van der Waals surface area (Å²) >= 11 is 0. The van der Waals surface area contributed by atoms with Crippen LogP contribution in [0.15, 0.2) is 60.9 Å². The highest BCUT2D eigenvalue weighted by molar-refractivity contribution is 5.95. The summed E-state index contributed by atoms with van der Waals surface area (Å²) in [7, 11) is 0. The van der Waals surface area contributed by atoms with Gasteiger partial charge in [0, 0.05) is 42.5 Å². The van der Waals surface area contributed by atoms with Crippen LogP contribution in [0.5, 0.6) is 0 Å². The summed E-state index contributed by atoms with van der Waals surface area (Å²) in [5.74, 6) is 6.43. The van der Waals surface area contributed by atoms with Gasteiger partial charge in [0.15, 0.2) is 0 Å². The lowest BCUT2D eigenvalue weighted by molar-refractivity contribution is 0.0953. The van der Waals surface area contributed by atoms with Crippen LogP contribution in [0, 0.1) is 11.8 Å². The molecule has 31 heavy (non-hydrogen) atoms. The zero-order valence-electron chi connectivity index (χ0n) is 17.4. The van der Waals surface area contributed by atoms with Crippen molar-refractivity contribution in [1.82, 2.24) is 15.5 Å². The predicted octanol–water partition coefficient (Wildman–Crippen LogP) is 3.01. The highest BCUT2D eigenvalue weighted by Gasteiger charge is 2.16. The number of ether oxygens (including phenoxy) is 1. The maximum atomic E-state index is 12.7. The maximum absolute atomic E-state index is 12.7. The number of carbonyl (C=O) groups is 1. The number of anilines is 1. The summed E-state index contributed by atoms with van der Waals surface area (Å²) in [5, 5.41) is 9.76. The highest BCUT2D eigenvalue weighted by Crippen LogP contribution is 2.23. The second-order valence-corrected chi connectivity index (χ2v) is 7.41. The first-order valence-corrected chi connectivity index (χ1v) is 10.6. The lowest BCUT2D eigenvalue weighted by Crippen LogP contribution is -2.36. The minimum atomic E-state index is -0.0801. The molecule has 158 valence electrons. The van der Waals surface area contributed by atoms with E-state index in [1.807, 2.05) is 60.9 Å². The Morgan fingerprint density at radius 2 is 1.97 bits per heavy atom. The van der Waals surface area contributed by atoms with Crippen LogP contribution >= 0.6 is 0 Å². The molecule has 0 atom stereocenters. The van der Waals surface area contributed by atoms with Gasteiger partial charge < -0.3 is 15.0 Å². The largest absolute Gasteiger partial charge is 0.378 e. The third kappa shape index (κ3) is 5.74. The van der Waals surface area contributed by atoms with Crippen LogP contribution in [0.2, 0.25) is 0 Å². The van der Waals surface area contributed by atoms with Gasteiger partial charge in [-0.1, -0.05) is 30.0 Å². The van der Waals surface area contributed by atoms with Gasteiger partial charge in [-0.2, -0.15) is 5.10 Å². The number of carbonyl (C=O) groups excluding carboxylic acids is 1. The molecule has 2 aromatic carbocycles. The first-order valence-electron chi connectivity index (χ1n) is 10.6. The fourth-order valence-corrected chi connectivity index (χ4v) is 3.53. The van der Waals surface area contributed by atoms with Crippen molar-refractivity contribution in [2.45, 2.75) is 12.8 Å². The Balaban J connectivity index is 1.49. The third-order valence-corrected chi connectivity index (χ3v) is 5.21. The molecular formula is C25H26N4O2. The molecule has 0 spiro atoms. The topological polar surface area (TPSA) is 70.2 Å². The van der Waals surface area contributed by atoms with Crippen LogP contribution in [0.1, 0.15) is 33.5 Å². The lowest BCUT2D eigenvalue weighted by atomic mass is 10.1. The van der Waals surface area contributed by atoms with E-state index in [0.29, 0.717) is 25.3 Å². The summed E-state index contributed by atoms with van der Waals surface area (Å²) in [4.78, 5) is 15.0. The molecule has 1 saturated heterocycles. The highest BCUT2D eigenvalue weighted by atomic mass is 16.5. The van der Waals surface area contributed by atoms with Crippen molar-refractivity contribution in [3.8, 4) is 11.8 Å². The smallest absolute Gasteiger partial charge is 0.251 e. The van der Waals surface area contributed by atoms with Crippen LogP contribution in [-0.2, 0) is 11.2 Å². The normalized spacial score (nSPS) is 13.4. The van der Waals surface area contributed by atoms with E-state index in [-0.39, 0.29) is 5.91 Å². The van der Waals surface area contributed by atoms with Crippen molar-refractivity contribution in [2.75, 3.05) is 37.7 Å². The van der Waals surface area contributed by atoms with Crippen LogP contribution in [0.25, 0.3) is 0 Å². The number of amides is 1. The van der Waals surface area contributed by atoms with Crippen molar-refractivity contribution in [2.24, 2.45) is 0 Å². The quantitative estimate of drug-likeness (QED) is 0.481. The Kier molecular flexibility index (Phi) is 6.99. The van der Waals surface area contributed by atoms with Crippen molar-refractivity contribution in [3.05, 3.63) is 83.2 Å². The van der Waals surface area contributed by atoms with Gasteiger partial charge in [-0.3, -0.25) is 9.89 Å². The Morgan fingerprint density at radius 1 is 1.13 bits per heavy atom. The number of morpholine rings is 1. The second kappa shape index (κ2) is 10.5. The van der Waals surface area contributed by atoms with Crippen LogP contribution in [-0.4, -0.2) is 49.0 Å². The number of hydrogen-bond donors (Lipinski definition) is 2. The van der Waals surface area contributed by atoms with E-state index < -0.39 is 0 Å². The summed E-state index contributed by atoms with van der Waals surface area (Å²) < 4.78 is 5.49. The number of rotatable bonds is 6. The molecule has 0 aliphatic carbocycles. The molecule has 1 aromatic heterocycles. The summed E-state index contributed by atoms with van der Waals surface area (Å²) in [6.45, 7) is 3.65. The Labute approximate surface area is 182 Å². The maximum Gasteiger partial charge on any atom is 0.251 e. The van der Waals surface area contributed by atoms with E-state index >= 15 is 0 Å². The Hall–Kier alpha value is -3.56. The van der Waals surface area contributed by atoms with Gasteiger partial charge in [0.1, 0.15) is 0 Å². The van der Waals surface area contributed by atoms with E-state index in [2.05, 4.69) is 32.3 Å². The van der Waals surface area contributed by atoms with Gasteiger partial charge in [0.2, 0.25) is 0 Å². The predicted molar refractivity (Wildman–Crippen MR) is 121 cm³/mol. The Bertz CT molecular complexity index is 1050. The van der Waals surface area contributed by atoms with Crippen LogP contribution in [0.3, 0.4) is 0 Å². The minimum absolute atomic E-state index is 0.0801. The van der Waals surface area contributed by atoms with Crippen LogP contribution in [0.4, 0.5) is 5.69 Å². The second-order valence-electron chi connectivity index (χ2n) is 7.41. The number of benzene rings is 2. The van der Waals surface area contributed by atoms with Crippen molar-refractivity contribution >= 4 is 11.6 Å². The standard InChI is InChI=1S/C25H26N4O2/c30-25(26-12-4-7-21-18-27-28-19-21)23-10-11-24(29-13-15-31-16-14-29)22(17-23)9-8-20-5-2-1-3-6-20/h1-3,5-6,10-11,17-19H,4,7,12-16H2,(H,26,30)(H,27,28). The number of aromatic amines is 1. The van der Waals surface area contributed by atoms with E-state index in [1.165, 1.54) is 0 Å². The summed E-state index contributed by atoms with van der Waals surface area (Å²) in [6.07, 6.45) is 5.42. The molecule has 2 N–H and O–H groups in total. The SMILES string of the molecule is O=C(NCCCc1cn[nH]c1)c1ccc(N2CCOCC2)c(C#Cc2ccccc2)c1. The van der Waals surface area contributed by atoms with Gasteiger partial charge in [-0.25, -0.2) is 0 Å². The van der Waals surface area contributed by atoms with E-state index in [4.69, 9.17) is 4.74 Å². The average molecular weight is 415 g/mol. The number of aryl methyl sites for hydroxylation is 1. The van der Waals surface area contributed by atoms with Gasteiger partial charge >= 0.3 is 0 Å². The van der Waals surface area contributed by atoms with Gasteiger partial charge in [-0.15, -0.1) is 0 Å². The van der Waals surface area contributed by atoms with Gasteiger partial charge in [0.05, 0.1) is 25.1 Å². The number of nitrogens with one attached hydrogen (secondary N) is 2. The number of nitrogens with zero attached hydrogens (tertiary/aromatic N) is 2. The molecule has 0 unspecified atom stereocenters. The molecule has 6 nitrogen and oxygen atoms in total. The van der Waals surface area contributed by atoms with E-state index in [0.717, 1.165) is 48.3 Å². The average Bonchev–Trinajstić information content (AvgIpc) is 3.35. The molecule has 6 heteroatoms. The van der Waals surface area contributed by atoms with E-state index in [1.54, 1.807) is 0 Å². The summed E-state index contributed by atoms with van der Waals surface area (Å²) in [6, 6.07) is 15.7. The molecule has 1 fully saturated rings. The van der Waals surface area contributed by atoms with E-state index in [9.17, 15) is 4.79 Å². The molecule has 0 bridgehead atoms. The fraction of sp³-hybridized carbons (Fsp3) is 0.280. The van der Waals surface area contributed by atoms with Crippen molar-refractivity contribution in [1.29, 1.82) is 0 Å². The van der Waals surface area contributed by atoms with Gasteiger partial charge in [-0.05, 0) is 48.7 Å². The Morgan fingerprint density at radius 3 is 2.74 bits per heavy atom. The van der Waals surface area contributed by atoms with Crippen LogP contribution < -0.4 is 10.2 Å². The lowest BCUT2D eigenvalue weighted by Gasteiger charge is -2.30.